The van der Waals surface area contributed by atoms with Gasteiger partial charge in [0.2, 0.25) is 0 Å². The molecule has 0 spiro atoms. The number of benzene rings is 2. The van der Waals surface area contributed by atoms with Crippen LogP contribution in [0.4, 0.5) is 0 Å². The third-order valence-electron chi connectivity index (χ3n) is 5.67. The molecule has 3 aromatic rings. The summed E-state index contributed by atoms with van der Waals surface area (Å²) in [5.41, 5.74) is 2.83. The van der Waals surface area contributed by atoms with Gasteiger partial charge in [-0.05, 0) is 36.1 Å². The fraction of sp³-hybridized carbons (Fsp3) is 0.333. The van der Waals surface area contributed by atoms with E-state index in [0.29, 0.717) is 48.5 Å². The van der Waals surface area contributed by atoms with Gasteiger partial charge in [0.25, 0.3) is 0 Å². The number of Topliss-reactive ketones (excluding diaryl/α,β-unsaturated/α-hetero) is 1. The lowest BCUT2D eigenvalue weighted by atomic mass is 9.87. The number of ketones is 1. The van der Waals surface area contributed by atoms with E-state index in [2.05, 4.69) is 4.98 Å². The number of hydrogen-bond donors (Lipinski definition) is 1. The van der Waals surface area contributed by atoms with Crippen LogP contribution in [0.1, 0.15) is 51.8 Å². The topological polar surface area (TPSA) is 98.5 Å². The first-order valence-electron chi connectivity index (χ1n) is 10.5. The Morgan fingerprint density at radius 2 is 1.94 bits per heavy atom. The van der Waals surface area contributed by atoms with E-state index in [-0.39, 0.29) is 18.1 Å². The van der Waals surface area contributed by atoms with Crippen LogP contribution in [0.15, 0.2) is 54.9 Å². The van der Waals surface area contributed by atoms with Gasteiger partial charge in [-0.1, -0.05) is 30.3 Å². The summed E-state index contributed by atoms with van der Waals surface area (Å²) in [6.07, 6.45) is 5.95. The smallest absolute Gasteiger partial charge is 0.163 e. The summed E-state index contributed by atoms with van der Waals surface area (Å²) in [6, 6.07) is 13.1. The fourth-order valence-corrected chi connectivity index (χ4v) is 5.02. The third kappa shape index (κ3) is 4.92. The van der Waals surface area contributed by atoms with E-state index in [9.17, 15) is 18.3 Å². The van der Waals surface area contributed by atoms with Gasteiger partial charge in [-0.15, -0.1) is 0 Å². The fourth-order valence-electron chi connectivity index (χ4n) is 4.18. The Labute approximate surface area is 187 Å². The van der Waals surface area contributed by atoms with Crippen LogP contribution >= 0.6 is 0 Å². The van der Waals surface area contributed by atoms with Gasteiger partial charge in [0, 0.05) is 36.2 Å². The van der Waals surface area contributed by atoms with E-state index < -0.39 is 15.9 Å². The van der Waals surface area contributed by atoms with Crippen LogP contribution in [0, 0.1) is 0 Å². The van der Waals surface area contributed by atoms with E-state index in [1.807, 2.05) is 34.9 Å². The molecule has 0 bridgehead atoms. The van der Waals surface area contributed by atoms with E-state index in [1.165, 1.54) is 6.26 Å². The lowest BCUT2D eigenvalue weighted by molar-refractivity contribution is 0.0972. The van der Waals surface area contributed by atoms with Crippen LogP contribution in [-0.2, 0) is 35.2 Å². The van der Waals surface area contributed by atoms with Crippen molar-refractivity contribution < 1.29 is 23.1 Å². The van der Waals surface area contributed by atoms with Crippen molar-refractivity contribution in [2.24, 2.45) is 0 Å². The number of aromatic nitrogens is 2. The standard InChI is InChI=1S/C24H26N2O5S/c1-32(29,30)16-20-18-8-5-9-21(28)19(18)10-11-22(20)31-23(17-6-3-2-4-7-17)14-26-13-12-25-24(26)15-27/h2-4,6-7,10-13,23,27H,5,8-9,14-16H2,1H3/t23-/m1/s1. The highest BCUT2D eigenvalue weighted by Crippen LogP contribution is 2.35. The van der Waals surface area contributed by atoms with Crippen molar-refractivity contribution in [2.75, 3.05) is 6.26 Å². The predicted octanol–water partition coefficient (Wildman–Crippen LogP) is 3.26. The van der Waals surface area contributed by atoms with Gasteiger partial charge >= 0.3 is 0 Å². The molecule has 32 heavy (non-hydrogen) atoms. The summed E-state index contributed by atoms with van der Waals surface area (Å²) in [4.78, 5) is 16.6. The van der Waals surface area contributed by atoms with Crippen molar-refractivity contribution in [1.82, 2.24) is 9.55 Å². The molecule has 2 aromatic carbocycles. The Bertz CT molecular complexity index is 1220. The second kappa shape index (κ2) is 9.26. The predicted molar refractivity (Wildman–Crippen MR) is 120 cm³/mol. The second-order valence-corrected chi connectivity index (χ2v) is 10.2. The summed E-state index contributed by atoms with van der Waals surface area (Å²) in [6.45, 7) is 0.184. The minimum absolute atomic E-state index is 0.0400. The Balaban J connectivity index is 1.77. The molecule has 1 heterocycles. The Morgan fingerprint density at radius 3 is 2.66 bits per heavy atom. The Kier molecular flexibility index (Phi) is 6.43. The molecule has 1 aliphatic carbocycles. The average molecular weight is 455 g/mol. The van der Waals surface area contributed by atoms with Crippen LogP contribution in [0.25, 0.3) is 0 Å². The van der Waals surface area contributed by atoms with Crippen molar-refractivity contribution in [1.29, 1.82) is 0 Å². The maximum atomic E-state index is 12.4. The van der Waals surface area contributed by atoms with Crippen molar-refractivity contribution >= 4 is 15.6 Å². The number of fused-ring (bicyclic) bond motifs is 1. The molecule has 0 fully saturated rings. The molecular formula is C24H26N2O5S. The molecule has 0 unspecified atom stereocenters. The van der Waals surface area contributed by atoms with Crippen molar-refractivity contribution in [3.63, 3.8) is 0 Å². The number of rotatable bonds is 8. The zero-order valence-corrected chi connectivity index (χ0v) is 18.7. The molecule has 0 radical (unpaired) electrons. The number of carbonyl (C=O) groups is 1. The molecule has 1 atom stereocenters. The van der Waals surface area contributed by atoms with Gasteiger partial charge in [-0.3, -0.25) is 4.79 Å². The lowest BCUT2D eigenvalue weighted by Gasteiger charge is -2.26. The minimum Gasteiger partial charge on any atom is -0.484 e. The van der Waals surface area contributed by atoms with E-state index in [0.717, 1.165) is 11.1 Å². The SMILES string of the molecule is CS(=O)(=O)Cc1c(O[C@H](Cn2ccnc2CO)c2ccccc2)ccc2c1CCCC2=O. The highest BCUT2D eigenvalue weighted by atomic mass is 32.2. The lowest BCUT2D eigenvalue weighted by Crippen LogP contribution is -2.20. The normalized spacial score (nSPS) is 14.8. The molecule has 168 valence electrons. The molecule has 1 N–H and O–H groups in total. The van der Waals surface area contributed by atoms with Crippen molar-refractivity contribution in [2.45, 2.75) is 44.3 Å². The van der Waals surface area contributed by atoms with Crippen LogP contribution in [0.2, 0.25) is 0 Å². The summed E-state index contributed by atoms with van der Waals surface area (Å²) in [5, 5.41) is 9.59. The summed E-state index contributed by atoms with van der Waals surface area (Å²) in [7, 11) is -3.35. The van der Waals surface area contributed by atoms with Gasteiger partial charge in [0.15, 0.2) is 15.6 Å². The number of nitrogens with zero attached hydrogens (tertiary/aromatic N) is 2. The first kappa shape index (κ1) is 22.2. The van der Waals surface area contributed by atoms with Crippen LogP contribution in [-0.4, -0.2) is 35.1 Å². The molecule has 4 rings (SSSR count). The first-order valence-corrected chi connectivity index (χ1v) is 12.6. The van der Waals surface area contributed by atoms with Gasteiger partial charge < -0.3 is 14.4 Å². The maximum Gasteiger partial charge on any atom is 0.163 e. The van der Waals surface area contributed by atoms with E-state index in [4.69, 9.17) is 4.74 Å². The van der Waals surface area contributed by atoms with E-state index in [1.54, 1.807) is 24.5 Å². The van der Waals surface area contributed by atoms with Crippen molar-refractivity contribution in [3.8, 4) is 5.75 Å². The monoisotopic (exact) mass is 454 g/mol. The van der Waals surface area contributed by atoms with Crippen LogP contribution in [0.5, 0.6) is 5.75 Å². The number of aliphatic hydroxyl groups is 1. The number of hydrogen-bond acceptors (Lipinski definition) is 6. The number of carbonyl (C=O) groups excluding carboxylic acids is 1. The van der Waals surface area contributed by atoms with Crippen molar-refractivity contribution in [3.05, 3.63) is 82.9 Å². The first-order chi connectivity index (χ1) is 15.4. The summed E-state index contributed by atoms with van der Waals surface area (Å²) in [5.74, 6) is 0.830. The molecule has 0 saturated heterocycles. The number of sulfone groups is 1. The van der Waals surface area contributed by atoms with Crippen LogP contribution < -0.4 is 4.74 Å². The molecule has 0 amide bonds. The van der Waals surface area contributed by atoms with Crippen LogP contribution in [0.3, 0.4) is 0 Å². The highest BCUT2D eigenvalue weighted by Gasteiger charge is 2.26. The van der Waals surface area contributed by atoms with Gasteiger partial charge in [-0.2, -0.15) is 0 Å². The summed E-state index contributed by atoms with van der Waals surface area (Å²) < 4.78 is 32.7. The molecule has 8 heteroatoms. The third-order valence-corrected chi connectivity index (χ3v) is 6.49. The Morgan fingerprint density at radius 1 is 1.16 bits per heavy atom. The average Bonchev–Trinajstić information content (AvgIpc) is 3.22. The molecule has 1 aromatic heterocycles. The zero-order chi connectivity index (χ0) is 22.7. The Hall–Kier alpha value is -2.97. The second-order valence-electron chi connectivity index (χ2n) is 8.09. The van der Waals surface area contributed by atoms with Gasteiger partial charge in [0.1, 0.15) is 24.3 Å². The number of ether oxygens (including phenoxy) is 1. The molecule has 1 aliphatic rings. The zero-order valence-electron chi connectivity index (χ0n) is 17.9. The summed E-state index contributed by atoms with van der Waals surface area (Å²) >= 11 is 0. The van der Waals surface area contributed by atoms with Gasteiger partial charge in [-0.25, -0.2) is 13.4 Å². The molecule has 0 saturated carbocycles. The van der Waals surface area contributed by atoms with E-state index >= 15 is 0 Å². The molecular weight excluding hydrogens is 428 g/mol. The number of aliphatic hydroxyl groups excluding tert-OH is 1. The number of imidazole rings is 1. The maximum absolute atomic E-state index is 12.4. The highest BCUT2D eigenvalue weighted by molar-refractivity contribution is 7.89. The quantitative estimate of drug-likeness (QED) is 0.561. The largest absolute Gasteiger partial charge is 0.484 e. The molecule has 0 aliphatic heterocycles. The molecule has 7 nitrogen and oxygen atoms in total. The minimum atomic E-state index is -3.35. The van der Waals surface area contributed by atoms with Gasteiger partial charge in [0.05, 0.1) is 12.3 Å².